The van der Waals surface area contributed by atoms with Gasteiger partial charge in [0.25, 0.3) is 0 Å². The second-order valence-electron chi connectivity index (χ2n) is 5.23. The maximum Gasteiger partial charge on any atom is 0.573 e. The number of amides is 2. The smallest absolute Gasteiger partial charge is 0.405 e. The highest BCUT2D eigenvalue weighted by atomic mass is 19.4. The van der Waals surface area contributed by atoms with Gasteiger partial charge in [-0.25, -0.2) is 0 Å². The summed E-state index contributed by atoms with van der Waals surface area (Å²) in [5.41, 5.74) is 0.258. The Morgan fingerprint density at radius 1 is 1.08 bits per heavy atom. The lowest BCUT2D eigenvalue weighted by molar-refractivity contribution is -0.274. The zero-order chi connectivity index (χ0) is 18.0. The third-order valence-electron chi connectivity index (χ3n) is 3.13. The van der Waals surface area contributed by atoms with Crippen LogP contribution >= 0.6 is 0 Å². The summed E-state index contributed by atoms with van der Waals surface area (Å²) in [5, 5.41) is 5.24. The van der Waals surface area contributed by atoms with Crippen LogP contribution in [0.1, 0.15) is 38.2 Å². The first-order valence-electron chi connectivity index (χ1n) is 7.63. The van der Waals surface area contributed by atoms with Crippen LogP contribution < -0.4 is 15.4 Å². The van der Waals surface area contributed by atoms with Crippen LogP contribution in [0.2, 0.25) is 0 Å². The van der Waals surface area contributed by atoms with E-state index >= 15 is 0 Å². The molecule has 0 spiro atoms. The Hall–Kier alpha value is -2.25. The molecule has 0 unspecified atom stereocenters. The van der Waals surface area contributed by atoms with E-state index in [1.165, 1.54) is 25.1 Å². The van der Waals surface area contributed by atoms with Crippen LogP contribution in [0, 0.1) is 0 Å². The highest BCUT2D eigenvalue weighted by Gasteiger charge is 2.31. The zero-order valence-electron chi connectivity index (χ0n) is 13.4. The van der Waals surface area contributed by atoms with E-state index in [-0.39, 0.29) is 36.1 Å². The fourth-order valence-electron chi connectivity index (χ4n) is 2.01. The van der Waals surface area contributed by atoms with E-state index in [1.54, 1.807) is 6.07 Å². The molecule has 5 nitrogen and oxygen atoms in total. The second kappa shape index (κ2) is 9.79. The van der Waals surface area contributed by atoms with Crippen molar-refractivity contribution in [3.8, 4) is 5.75 Å². The van der Waals surface area contributed by atoms with Gasteiger partial charge in [0.1, 0.15) is 5.75 Å². The molecule has 2 amide bonds. The topological polar surface area (TPSA) is 67.4 Å². The molecule has 0 atom stereocenters. The van der Waals surface area contributed by atoms with E-state index in [0.29, 0.717) is 13.0 Å². The third-order valence-corrected chi connectivity index (χ3v) is 3.13. The summed E-state index contributed by atoms with van der Waals surface area (Å²) < 4.78 is 40.8. The number of benzene rings is 1. The molecule has 0 fully saturated rings. The van der Waals surface area contributed by atoms with Crippen LogP contribution in [0.15, 0.2) is 24.3 Å². The molecule has 0 radical (unpaired) electrons. The number of carbonyl (C=O) groups excluding carboxylic acids is 2. The van der Waals surface area contributed by atoms with Crippen molar-refractivity contribution in [1.29, 1.82) is 0 Å². The second-order valence-corrected chi connectivity index (χ2v) is 5.23. The van der Waals surface area contributed by atoms with Gasteiger partial charge in [0, 0.05) is 32.0 Å². The summed E-state index contributed by atoms with van der Waals surface area (Å²) in [6.07, 6.45) is -2.29. The van der Waals surface area contributed by atoms with Gasteiger partial charge in [0.2, 0.25) is 11.8 Å². The third kappa shape index (κ3) is 9.02. The maximum atomic E-state index is 12.3. The molecule has 0 aliphatic carbocycles. The Balaban J connectivity index is 2.31. The molecule has 0 heterocycles. The minimum absolute atomic E-state index is 0.0308. The molecule has 24 heavy (non-hydrogen) atoms. The summed E-state index contributed by atoms with van der Waals surface area (Å²) >= 11 is 0. The minimum Gasteiger partial charge on any atom is -0.405 e. The summed E-state index contributed by atoms with van der Waals surface area (Å²) in [6.45, 7) is 1.98. The Bertz CT molecular complexity index is 548. The number of para-hydroxylation sites is 1. The van der Waals surface area contributed by atoms with E-state index in [2.05, 4.69) is 15.4 Å². The Morgan fingerprint density at radius 3 is 2.46 bits per heavy atom. The van der Waals surface area contributed by atoms with Crippen LogP contribution in [0.5, 0.6) is 5.75 Å². The average Bonchev–Trinajstić information content (AvgIpc) is 2.48. The van der Waals surface area contributed by atoms with Crippen LogP contribution in [-0.4, -0.2) is 24.7 Å². The van der Waals surface area contributed by atoms with Crippen molar-refractivity contribution in [3.63, 3.8) is 0 Å². The van der Waals surface area contributed by atoms with Gasteiger partial charge in [-0.15, -0.1) is 13.2 Å². The highest BCUT2D eigenvalue weighted by molar-refractivity contribution is 5.75. The number of hydrogen-bond acceptors (Lipinski definition) is 3. The van der Waals surface area contributed by atoms with E-state index in [9.17, 15) is 22.8 Å². The largest absolute Gasteiger partial charge is 0.573 e. The van der Waals surface area contributed by atoms with Crippen LogP contribution in [0.4, 0.5) is 13.2 Å². The molecule has 0 aliphatic rings. The number of unbranched alkanes of at least 4 members (excludes halogenated alkanes) is 2. The number of ether oxygens (including phenoxy) is 1. The van der Waals surface area contributed by atoms with Gasteiger partial charge in [-0.2, -0.15) is 0 Å². The van der Waals surface area contributed by atoms with Crippen molar-refractivity contribution in [2.24, 2.45) is 0 Å². The van der Waals surface area contributed by atoms with E-state index < -0.39 is 6.36 Å². The number of nitrogens with one attached hydrogen (secondary N) is 2. The lowest BCUT2D eigenvalue weighted by atomic mass is 10.1. The molecular weight excluding hydrogens is 325 g/mol. The van der Waals surface area contributed by atoms with Crippen molar-refractivity contribution in [2.75, 3.05) is 6.54 Å². The van der Waals surface area contributed by atoms with Gasteiger partial charge < -0.3 is 15.4 Å². The minimum atomic E-state index is -4.77. The summed E-state index contributed by atoms with van der Waals surface area (Å²) in [5.74, 6) is -0.649. The number of hydrogen-bond donors (Lipinski definition) is 2. The molecule has 8 heteroatoms. The quantitative estimate of drug-likeness (QED) is 0.676. The fourth-order valence-corrected chi connectivity index (χ4v) is 2.01. The first-order chi connectivity index (χ1) is 11.3. The first-order valence-corrected chi connectivity index (χ1v) is 7.63. The van der Waals surface area contributed by atoms with Crippen molar-refractivity contribution in [1.82, 2.24) is 10.6 Å². The zero-order valence-corrected chi connectivity index (χ0v) is 13.4. The fraction of sp³-hybridized carbons (Fsp3) is 0.500. The van der Waals surface area contributed by atoms with E-state index in [1.807, 2.05) is 0 Å². The standard InChI is InChI=1S/C16H21F3N2O3/c1-12(22)20-10-6-2-3-9-15(23)21-11-13-7-4-5-8-14(13)24-16(17,18)19/h4-5,7-8H,2-3,6,9-11H2,1H3,(H,20,22)(H,21,23). The van der Waals surface area contributed by atoms with Gasteiger partial charge >= 0.3 is 6.36 Å². The lowest BCUT2D eigenvalue weighted by Gasteiger charge is -2.13. The monoisotopic (exact) mass is 346 g/mol. The molecule has 0 aromatic heterocycles. The van der Waals surface area contributed by atoms with Gasteiger partial charge in [-0.1, -0.05) is 24.6 Å². The van der Waals surface area contributed by atoms with Gasteiger partial charge in [0.05, 0.1) is 0 Å². The van der Waals surface area contributed by atoms with Crippen LogP contribution in [-0.2, 0) is 16.1 Å². The Morgan fingerprint density at radius 2 is 1.79 bits per heavy atom. The number of carbonyl (C=O) groups is 2. The molecule has 2 N–H and O–H groups in total. The average molecular weight is 346 g/mol. The predicted octanol–water partition coefficient (Wildman–Crippen LogP) is 2.90. The highest BCUT2D eigenvalue weighted by Crippen LogP contribution is 2.26. The summed E-state index contributed by atoms with van der Waals surface area (Å²) in [4.78, 5) is 22.4. The van der Waals surface area contributed by atoms with Crippen molar-refractivity contribution >= 4 is 11.8 Å². The normalized spacial score (nSPS) is 11.0. The summed E-state index contributed by atoms with van der Waals surface area (Å²) in [7, 11) is 0. The molecule has 1 aromatic carbocycles. The van der Waals surface area contributed by atoms with Gasteiger partial charge in [-0.05, 0) is 18.9 Å². The SMILES string of the molecule is CC(=O)NCCCCCC(=O)NCc1ccccc1OC(F)(F)F. The molecule has 134 valence electrons. The van der Waals surface area contributed by atoms with Crippen LogP contribution in [0.25, 0.3) is 0 Å². The molecule has 1 aromatic rings. The molecule has 0 aliphatic heterocycles. The number of rotatable bonds is 9. The maximum absolute atomic E-state index is 12.3. The first kappa shape index (κ1) is 19.8. The van der Waals surface area contributed by atoms with Gasteiger partial charge in [0.15, 0.2) is 0 Å². The lowest BCUT2D eigenvalue weighted by Crippen LogP contribution is -2.24. The van der Waals surface area contributed by atoms with Crippen molar-refractivity contribution < 1.29 is 27.5 Å². The Kier molecular flexibility index (Phi) is 8.08. The molecule has 1 rings (SSSR count). The van der Waals surface area contributed by atoms with E-state index in [4.69, 9.17) is 0 Å². The molecule has 0 saturated carbocycles. The number of halogens is 3. The van der Waals surface area contributed by atoms with Crippen molar-refractivity contribution in [3.05, 3.63) is 29.8 Å². The van der Waals surface area contributed by atoms with Gasteiger partial charge in [-0.3, -0.25) is 9.59 Å². The van der Waals surface area contributed by atoms with Crippen LogP contribution in [0.3, 0.4) is 0 Å². The summed E-state index contributed by atoms with van der Waals surface area (Å²) in [6, 6.07) is 5.68. The molecule has 0 saturated heterocycles. The number of alkyl halides is 3. The molecule has 0 bridgehead atoms. The van der Waals surface area contributed by atoms with Crippen molar-refractivity contribution in [2.45, 2.75) is 45.5 Å². The Labute approximate surface area is 138 Å². The predicted molar refractivity (Wildman–Crippen MR) is 82.1 cm³/mol. The van der Waals surface area contributed by atoms with E-state index in [0.717, 1.165) is 12.8 Å². The molecular formula is C16H21F3N2O3.